The molecule has 1 aromatic rings. The van der Waals surface area contributed by atoms with E-state index in [1.165, 1.54) is 31.7 Å². The first-order valence-electron chi connectivity index (χ1n) is 8.43. The standard InChI is InChI=1S/C18H25FN2O/c19-17-7-2-1-6-16(17)11-20-18(22)8-9-21-12-14-4-3-5-15(10-14)13-21/h1-2,6-7,14-15H,3-5,8-13H2,(H,20,22)/t14-,15-/m1/s1. The van der Waals surface area contributed by atoms with Gasteiger partial charge in [0.2, 0.25) is 5.91 Å². The summed E-state index contributed by atoms with van der Waals surface area (Å²) in [5, 5.41) is 2.82. The summed E-state index contributed by atoms with van der Waals surface area (Å²) in [6.45, 7) is 3.40. The maximum Gasteiger partial charge on any atom is 0.221 e. The van der Waals surface area contributed by atoms with Gasteiger partial charge in [-0.15, -0.1) is 0 Å². The van der Waals surface area contributed by atoms with E-state index in [9.17, 15) is 9.18 Å². The highest BCUT2D eigenvalue weighted by Crippen LogP contribution is 2.34. The van der Waals surface area contributed by atoms with Crippen LogP contribution in [0.3, 0.4) is 0 Å². The molecule has 1 aliphatic carbocycles. The summed E-state index contributed by atoms with van der Waals surface area (Å²) < 4.78 is 13.5. The van der Waals surface area contributed by atoms with Crippen molar-refractivity contribution in [2.45, 2.75) is 38.6 Å². The van der Waals surface area contributed by atoms with E-state index in [-0.39, 0.29) is 18.3 Å². The van der Waals surface area contributed by atoms with Gasteiger partial charge in [-0.2, -0.15) is 0 Å². The van der Waals surface area contributed by atoms with Crippen LogP contribution in [0, 0.1) is 17.7 Å². The lowest BCUT2D eigenvalue weighted by atomic mass is 9.78. The summed E-state index contributed by atoms with van der Waals surface area (Å²) in [6.07, 6.45) is 5.98. The number of hydrogen-bond donors (Lipinski definition) is 1. The molecular weight excluding hydrogens is 279 g/mol. The molecule has 0 spiro atoms. The Morgan fingerprint density at radius 3 is 2.68 bits per heavy atom. The van der Waals surface area contributed by atoms with E-state index in [1.54, 1.807) is 18.2 Å². The molecule has 4 heteroatoms. The van der Waals surface area contributed by atoms with E-state index in [1.807, 2.05) is 0 Å². The molecule has 3 rings (SSSR count). The Morgan fingerprint density at radius 2 is 1.95 bits per heavy atom. The molecule has 2 atom stereocenters. The minimum Gasteiger partial charge on any atom is -0.352 e. The Morgan fingerprint density at radius 1 is 1.23 bits per heavy atom. The number of amides is 1. The summed E-state index contributed by atoms with van der Waals surface area (Å²) in [6, 6.07) is 6.58. The maximum absolute atomic E-state index is 13.5. The maximum atomic E-state index is 13.5. The monoisotopic (exact) mass is 304 g/mol. The summed E-state index contributed by atoms with van der Waals surface area (Å²) in [5.74, 6) is 1.44. The molecule has 1 amide bonds. The van der Waals surface area contributed by atoms with Crippen LogP contribution < -0.4 is 5.32 Å². The second kappa shape index (κ2) is 7.23. The fourth-order valence-corrected chi connectivity index (χ4v) is 3.90. The highest BCUT2D eigenvalue weighted by atomic mass is 19.1. The number of fused-ring (bicyclic) bond motifs is 2. The lowest BCUT2D eigenvalue weighted by Gasteiger charge is -2.41. The number of rotatable bonds is 5. The van der Waals surface area contributed by atoms with Gasteiger partial charge in [0.15, 0.2) is 0 Å². The van der Waals surface area contributed by atoms with E-state index in [0.29, 0.717) is 12.0 Å². The van der Waals surface area contributed by atoms with Gasteiger partial charge in [-0.25, -0.2) is 4.39 Å². The van der Waals surface area contributed by atoms with Crippen LogP contribution in [0.25, 0.3) is 0 Å². The Labute approximate surface area is 131 Å². The minimum atomic E-state index is -0.258. The number of benzene rings is 1. The fourth-order valence-electron chi connectivity index (χ4n) is 3.90. The van der Waals surface area contributed by atoms with Crippen molar-refractivity contribution in [3.8, 4) is 0 Å². The zero-order valence-corrected chi connectivity index (χ0v) is 13.1. The van der Waals surface area contributed by atoms with Gasteiger partial charge in [-0.3, -0.25) is 4.79 Å². The molecule has 1 aliphatic heterocycles. The second-order valence-corrected chi connectivity index (χ2v) is 6.78. The number of nitrogens with zero attached hydrogens (tertiary/aromatic N) is 1. The van der Waals surface area contributed by atoms with Gasteiger partial charge in [0.1, 0.15) is 5.82 Å². The smallest absolute Gasteiger partial charge is 0.221 e. The van der Waals surface area contributed by atoms with E-state index in [0.717, 1.165) is 31.5 Å². The predicted molar refractivity (Wildman–Crippen MR) is 84.8 cm³/mol. The topological polar surface area (TPSA) is 32.3 Å². The first-order valence-corrected chi connectivity index (χ1v) is 8.43. The highest BCUT2D eigenvalue weighted by Gasteiger charge is 2.30. The number of nitrogens with one attached hydrogen (secondary N) is 1. The zero-order valence-electron chi connectivity index (χ0n) is 13.1. The van der Waals surface area contributed by atoms with Gasteiger partial charge >= 0.3 is 0 Å². The number of hydrogen-bond acceptors (Lipinski definition) is 2. The molecule has 3 nitrogen and oxygen atoms in total. The third-order valence-electron chi connectivity index (χ3n) is 5.01. The van der Waals surface area contributed by atoms with Crippen LogP contribution in [0.2, 0.25) is 0 Å². The Balaban J connectivity index is 1.40. The molecule has 1 saturated heterocycles. The lowest BCUT2D eigenvalue weighted by Crippen LogP contribution is -2.43. The van der Waals surface area contributed by atoms with Crippen molar-refractivity contribution in [2.75, 3.05) is 19.6 Å². The molecule has 2 aliphatic rings. The fraction of sp³-hybridized carbons (Fsp3) is 0.611. The van der Waals surface area contributed by atoms with Gasteiger partial charge in [-0.05, 0) is 37.2 Å². The number of carbonyl (C=O) groups is 1. The first kappa shape index (κ1) is 15.5. The van der Waals surface area contributed by atoms with E-state index < -0.39 is 0 Å². The molecular formula is C18H25FN2O. The molecule has 1 N–H and O–H groups in total. The molecule has 0 radical (unpaired) electrons. The summed E-state index contributed by atoms with van der Waals surface area (Å²) in [4.78, 5) is 14.4. The van der Waals surface area contributed by atoms with Crippen LogP contribution in [-0.2, 0) is 11.3 Å². The predicted octanol–water partition coefficient (Wildman–Crippen LogP) is 2.95. The third kappa shape index (κ3) is 4.07. The Kier molecular flexibility index (Phi) is 5.08. The van der Waals surface area contributed by atoms with Gasteiger partial charge in [0.05, 0.1) is 0 Å². The van der Waals surface area contributed by atoms with Crippen LogP contribution in [0.1, 0.15) is 37.7 Å². The van der Waals surface area contributed by atoms with Gasteiger partial charge in [0, 0.05) is 38.2 Å². The summed E-state index contributed by atoms with van der Waals surface area (Å²) in [7, 11) is 0. The average molecular weight is 304 g/mol. The summed E-state index contributed by atoms with van der Waals surface area (Å²) >= 11 is 0. The molecule has 120 valence electrons. The number of likely N-dealkylation sites (tertiary alicyclic amines) is 1. The number of halogens is 1. The van der Waals surface area contributed by atoms with Crippen LogP contribution in [0.15, 0.2) is 24.3 Å². The minimum absolute atomic E-state index is 0.0129. The van der Waals surface area contributed by atoms with Crippen molar-refractivity contribution >= 4 is 5.91 Å². The number of piperidine rings is 1. The van der Waals surface area contributed by atoms with Gasteiger partial charge in [0.25, 0.3) is 0 Å². The van der Waals surface area contributed by atoms with Crippen molar-refractivity contribution in [2.24, 2.45) is 11.8 Å². The van der Waals surface area contributed by atoms with E-state index >= 15 is 0 Å². The van der Waals surface area contributed by atoms with Crippen molar-refractivity contribution < 1.29 is 9.18 Å². The van der Waals surface area contributed by atoms with Gasteiger partial charge < -0.3 is 10.2 Å². The van der Waals surface area contributed by atoms with Crippen molar-refractivity contribution in [1.82, 2.24) is 10.2 Å². The summed E-state index contributed by atoms with van der Waals surface area (Å²) in [5.41, 5.74) is 0.545. The molecule has 2 bridgehead atoms. The molecule has 2 fully saturated rings. The third-order valence-corrected chi connectivity index (χ3v) is 5.01. The molecule has 0 aromatic heterocycles. The second-order valence-electron chi connectivity index (χ2n) is 6.78. The number of carbonyl (C=O) groups excluding carboxylic acids is 1. The SMILES string of the molecule is O=C(CCN1C[C@@H]2CCC[C@H](C2)C1)NCc1ccccc1F. The molecule has 0 unspecified atom stereocenters. The molecule has 1 heterocycles. The van der Waals surface area contributed by atoms with Crippen molar-refractivity contribution in [1.29, 1.82) is 0 Å². The normalized spacial score (nSPS) is 25.0. The van der Waals surface area contributed by atoms with Crippen LogP contribution >= 0.6 is 0 Å². The highest BCUT2D eigenvalue weighted by molar-refractivity contribution is 5.76. The van der Waals surface area contributed by atoms with E-state index in [2.05, 4.69) is 10.2 Å². The quantitative estimate of drug-likeness (QED) is 0.907. The van der Waals surface area contributed by atoms with Gasteiger partial charge in [-0.1, -0.05) is 24.6 Å². The van der Waals surface area contributed by atoms with Crippen LogP contribution in [0.5, 0.6) is 0 Å². The van der Waals surface area contributed by atoms with Crippen LogP contribution in [-0.4, -0.2) is 30.4 Å². The van der Waals surface area contributed by atoms with Crippen molar-refractivity contribution in [3.63, 3.8) is 0 Å². The molecule has 1 saturated carbocycles. The van der Waals surface area contributed by atoms with Crippen molar-refractivity contribution in [3.05, 3.63) is 35.6 Å². The van der Waals surface area contributed by atoms with Crippen LogP contribution in [0.4, 0.5) is 4.39 Å². The first-order chi connectivity index (χ1) is 10.7. The molecule has 1 aromatic carbocycles. The Hall–Kier alpha value is -1.42. The molecule has 22 heavy (non-hydrogen) atoms. The largest absolute Gasteiger partial charge is 0.352 e. The zero-order chi connectivity index (χ0) is 15.4. The lowest BCUT2D eigenvalue weighted by molar-refractivity contribution is -0.121. The van der Waals surface area contributed by atoms with E-state index in [4.69, 9.17) is 0 Å². The Bertz CT molecular complexity index is 508. The average Bonchev–Trinajstić information content (AvgIpc) is 2.52.